The molecule has 0 aliphatic heterocycles. The summed E-state index contributed by atoms with van der Waals surface area (Å²) >= 11 is 5.23. The summed E-state index contributed by atoms with van der Waals surface area (Å²) in [5, 5.41) is 3.39. The van der Waals surface area contributed by atoms with E-state index in [0.29, 0.717) is 4.64 Å². The molecule has 0 radical (unpaired) electrons. The van der Waals surface area contributed by atoms with Crippen molar-refractivity contribution in [1.82, 2.24) is 9.97 Å². The van der Waals surface area contributed by atoms with Gasteiger partial charge in [-0.15, -0.1) is 0 Å². The predicted molar refractivity (Wildman–Crippen MR) is 77.4 cm³/mol. The maximum atomic E-state index is 5.23. The number of hydrogen-bond donors (Lipinski definition) is 2. The lowest BCUT2D eigenvalue weighted by Gasteiger charge is -2.07. The zero-order valence-electron chi connectivity index (χ0n) is 10.4. The lowest BCUT2D eigenvalue weighted by Crippen LogP contribution is -2.04. The van der Waals surface area contributed by atoms with E-state index in [1.54, 1.807) is 6.33 Å². The molecule has 2 N–H and O–H groups in total. The predicted octanol–water partition coefficient (Wildman–Crippen LogP) is 3.49. The molecule has 2 aromatic rings. The van der Waals surface area contributed by atoms with E-state index >= 15 is 0 Å². The normalized spacial score (nSPS) is 10.3. The third-order valence-electron chi connectivity index (χ3n) is 2.88. The van der Waals surface area contributed by atoms with Gasteiger partial charge in [0.2, 0.25) is 0 Å². The first-order valence-corrected chi connectivity index (χ1v) is 6.50. The van der Waals surface area contributed by atoms with Gasteiger partial charge in [-0.2, -0.15) is 0 Å². The molecule has 0 aliphatic carbocycles. The summed E-state index contributed by atoms with van der Waals surface area (Å²) in [7, 11) is 0. The Labute approximate surface area is 112 Å². The molecule has 4 heteroatoms. The molecule has 2 rings (SSSR count). The van der Waals surface area contributed by atoms with Gasteiger partial charge in [-0.25, -0.2) is 4.98 Å². The first-order chi connectivity index (χ1) is 8.77. The fourth-order valence-electron chi connectivity index (χ4n) is 1.86. The molecule has 1 aromatic carbocycles. The highest BCUT2D eigenvalue weighted by Crippen LogP contribution is 2.09. The average molecular weight is 259 g/mol. The Balaban J connectivity index is 1.84. The number of aryl methyl sites for hydroxylation is 1. The van der Waals surface area contributed by atoms with Gasteiger partial charge in [0, 0.05) is 23.5 Å². The number of para-hydroxylation sites is 1. The minimum Gasteiger partial charge on any atom is -0.385 e. The zero-order chi connectivity index (χ0) is 12.8. The summed E-state index contributed by atoms with van der Waals surface area (Å²) in [5.74, 6) is 0. The van der Waals surface area contributed by atoms with Crippen LogP contribution in [0.2, 0.25) is 0 Å². The number of nitrogens with zero attached hydrogens (tertiary/aromatic N) is 1. The van der Waals surface area contributed by atoms with Crippen LogP contribution in [0.25, 0.3) is 0 Å². The third-order valence-corrected chi connectivity index (χ3v) is 3.23. The van der Waals surface area contributed by atoms with E-state index in [9.17, 15) is 0 Å². The van der Waals surface area contributed by atoms with Gasteiger partial charge >= 0.3 is 0 Å². The Morgan fingerprint density at radius 1 is 1.28 bits per heavy atom. The molecule has 0 saturated carbocycles. The molecule has 18 heavy (non-hydrogen) atoms. The fourth-order valence-corrected chi connectivity index (χ4v) is 2.17. The average Bonchev–Trinajstić information content (AvgIpc) is 2.38. The monoisotopic (exact) mass is 259 g/mol. The molecule has 0 bridgehead atoms. The third kappa shape index (κ3) is 3.40. The smallest absolute Gasteiger partial charge is 0.132 e. The van der Waals surface area contributed by atoms with Crippen LogP contribution >= 0.6 is 12.2 Å². The fraction of sp³-hybridized carbons (Fsp3) is 0.286. The number of hydrogen-bond acceptors (Lipinski definition) is 3. The second-order valence-electron chi connectivity index (χ2n) is 4.21. The van der Waals surface area contributed by atoms with Crippen molar-refractivity contribution in [3.05, 3.63) is 52.6 Å². The molecular weight excluding hydrogens is 242 g/mol. The van der Waals surface area contributed by atoms with Gasteiger partial charge in [-0.1, -0.05) is 30.4 Å². The van der Waals surface area contributed by atoms with Crippen LogP contribution in [-0.2, 0) is 6.42 Å². The maximum absolute atomic E-state index is 5.23. The van der Waals surface area contributed by atoms with E-state index < -0.39 is 0 Å². The first-order valence-electron chi connectivity index (χ1n) is 6.09. The van der Waals surface area contributed by atoms with Gasteiger partial charge in [-0.05, 0) is 31.9 Å². The van der Waals surface area contributed by atoms with Crippen molar-refractivity contribution in [2.45, 2.75) is 19.8 Å². The number of aromatic nitrogens is 2. The lowest BCUT2D eigenvalue weighted by molar-refractivity contribution is 0.835. The first kappa shape index (κ1) is 12.8. The maximum Gasteiger partial charge on any atom is 0.132 e. The van der Waals surface area contributed by atoms with Crippen molar-refractivity contribution in [1.29, 1.82) is 0 Å². The molecule has 0 atom stereocenters. The van der Waals surface area contributed by atoms with E-state index in [-0.39, 0.29) is 0 Å². The molecule has 1 aromatic heterocycles. The molecule has 0 fully saturated rings. The van der Waals surface area contributed by atoms with Gasteiger partial charge < -0.3 is 10.3 Å². The van der Waals surface area contributed by atoms with E-state index in [1.165, 1.54) is 0 Å². The Kier molecular flexibility index (Phi) is 4.47. The Morgan fingerprint density at radius 3 is 2.78 bits per heavy atom. The van der Waals surface area contributed by atoms with E-state index in [0.717, 1.165) is 36.3 Å². The number of benzene rings is 1. The SMILES string of the molecule is Cc1[nH]cnc(=S)c1CCCNc1ccccc1. The van der Waals surface area contributed by atoms with E-state index in [1.807, 2.05) is 25.1 Å². The standard InChI is InChI=1S/C14H17N3S/c1-11-13(14(18)17-10-16-11)8-5-9-15-12-6-3-2-4-7-12/h2-4,6-7,10,15H,5,8-9H2,1H3,(H,16,17,18). The van der Waals surface area contributed by atoms with Crippen LogP contribution in [0.4, 0.5) is 5.69 Å². The lowest BCUT2D eigenvalue weighted by atomic mass is 10.1. The van der Waals surface area contributed by atoms with Crippen molar-refractivity contribution in [3.8, 4) is 0 Å². The van der Waals surface area contributed by atoms with Crippen molar-refractivity contribution in [2.75, 3.05) is 11.9 Å². The summed E-state index contributed by atoms with van der Waals surface area (Å²) in [6.07, 6.45) is 3.65. The van der Waals surface area contributed by atoms with Crippen LogP contribution in [0.1, 0.15) is 17.7 Å². The van der Waals surface area contributed by atoms with Crippen molar-refractivity contribution >= 4 is 17.9 Å². The van der Waals surface area contributed by atoms with Gasteiger partial charge in [-0.3, -0.25) is 0 Å². The van der Waals surface area contributed by atoms with Crippen LogP contribution < -0.4 is 5.32 Å². The zero-order valence-corrected chi connectivity index (χ0v) is 11.3. The quantitative estimate of drug-likeness (QED) is 0.638. The molecule has 0 aliphatic rings. The summed E-state index contributed by atoms with van der Waals surface area (Å²) in [4.78, 5) is 7.22. The highest BCUT2D eigenvalue weighted by Gasteiger charge is 2.01. The molecular formula is C14H17N3S. The van der Waals surface area contributed by atoms with Crippen LogP contribution in [-0.4, -0.2) is 16.5 Å². The number of rotatable bonds is 5. The highest BCUT2D eigenvalue weighted by atomic mass is 32.1. The van der Waals surface area contributed by atoms with Gasteiger partial charge in [0.05, 0.1) is 6.33 Å². The number of anilines is 1. The molecule has 94 valence electrons. The van der Waals surface area contributed by atoms with Crippen LogP contribution in [0.5, 0.6) is 0 Å². The van der Waals surface area contributed by atoms with Gasteiger partial charge in [0.1, 0.15) is 4.64 Å². The molecule has 3 nitrogen and oxygen atoms in total. The largest absolute Gasteiger partial charge is 0.385 e. The van der Waals surface area contributed by atoms with Crippen LogP contribution in [0.15, 0.2) is 36.7 Å². The number of aromatic amines is 1. The number of H-pyrrole nitrogens is 1. The molecule has 0 spiro atoms. The highest BCUT2D eigenvalue weighted by molar-refractivity contribution is 7.71. The summed E-state index contributed by atoms with van der Waals surface area (Å²) in [6.45, 7) is 2.98. The Hall–Kier alpha value is -1.68. The Bertz CT molecular complexity index is 548. The minimum atomic E-state index is 0.714. The summed E-state index contributed by atoms with van der Waals surface area (Å²) < 4.78 is 0.714. The second-order valence-corrected chi connectivity index (χ2v) is 4.59. The molecule has 0 saturated heterocycles. The molecule has 1 heterocycles. The molecule has 0 amide bonds. The van der Waals surface area contributed by atoms with Crippen LogP contribution in [0.3, 0.4) is 0 Å². The van der Waals surface area contributed by atoms with Gasteiger partial charge in [0.25, 0.3) is 0 Å². The Morgan fingerprint density at radius 2 is 2.06 bits per heavy atom. The van der Waals surface area contributed by atoms with Crippen molar-refractivity contribution in [3.63, 3.8) is 0 Å². The van der Waals surface area contributed by atoms with Crippen LogP contribution in [0, 0.1) is 11.6 Å². The van der Waals surface area contributed by atoms with E-state index in [4.69, 9.17) is 12.2 Å². The topological polar surface area (TPSA) is 40.7 Å². The molecule has 0 unspecified atom stereocenters. The van der Waals surface area contributed by atoms with Crippen molar-refractivity contribution in [2.24, 2.45) is 0 Å². The van der Waals surface area contributed by atoms with E-state index in [2.05, 4.69) is 27.4 Å². The summed E-state index contributed by atoms with van der Waals surface area (Å²) in [6, 6.07) is 10.2. The second kappa shape index (κ2) is 6.31. The van der Waals surface area contributed by atoms with Crippen molar-refractivity contribution < 1.29 is 0 Å². The number of nitrogens with one attached hydrogen (secondary N) is 2. The minimum absolute atomic E-state index is 0.714. The van der Waals surface area contributed by atoms with Gasteiger partial charge in [0.15, 0.2) is 0 Å². The summed E-state index contributed by atoms with van der Waals surface area (Å²) in [5.41, 5.74) is 3.43.